The van der Waals surface area contributed by atoms with Crippen LogP contribution in [0.3, 0.4) is 0 Å². The van der Waals surface area contributed by atoms with Gasteiger partial charge in [-0.2, -0.15) is 0 Å². The SMILES string of the molecule is CC(=O)Nc1ccc(C(=O)NC[C@@H](c2ccco2)N2CCCCC2)cc1. The Bertz CT molecular complexity index is 719. The average molecular weight is 355 g/mol. The molecular weight excluding hydrogens is 330 g/mol. The third-order valence-electron chi connectivity index (χ3n) is 4.63. The molecule has 1 aliphatic rings. The van der Waals surface area contributed by atoms with Crippen LogP contribution in [0.2, 0.25) is 0 Å². The first kappa shape index (κ1) is 18.2. The number of rotatable bonds is 6. The van der Waals surface area contributed by atoms with E-state index in [1.165, 1.54) is 26.2 Å². The number of benzene rings is 1. The lowest BCUT2D eigenvalue weighted by Crippen LogP contribution is -2.40. The molecule has 2 amide bonds. The van der Waals surface area contributed by atoms with Gasteiger partial charge in [0.15, 0.2) is 0 Å². The zero-order chi connectivity index (χ0) is 18.4. The standard InChI is InChI=1S/C20H25N3O3/c1-15(24)22-17-9-7-16(8-10-17)20(25)21-14-18(19-6-5-13-26-19)23-11-3-2-4-12-23/h5-10,13,18H,2-4,11-12,14H2,1H3,(H,21,25)(H,22,24)/t18-/m0/s1. The number of nitrogens with one attached hydrogen (secondary N) is 2. The lowest BCUT2D eigenvalue weighted by atomic mass is 10.1. The van der Waals surface area contributed by atoms with E-state index in [0.29, 0.717) is 17.8 Å². The van der Waals surface area contributed by atoms with Gasteiger partial charge in [-0.15, -0.1) is 0 Å². The summed E-state index contributed by atoms with van der Waals surface area (Å²) in [6.07, 6.45) is 5.29. The fourth-order valence-corrected chi connectivity index (χ4v) is 3.32. The Kier molecular flexibility index (Phi) is 6.07. The van der Waals surface area contributed by atoms with Gasteiger partial charge in [0, 0.05) is 24.7 Å². The first-order valence-corrected chi connectivity index (χ1v) is 9.07. The molecule has 6 nitrogen and oxygen atoms in total. The van der Waals surface area contributed by atoms with Crippen LogP contribution in [-0.4, -0.2) is 36.3 Å². The number of nitrogens with zero attached hydrogens (tertiary/aromatic N) is 1. The minimum absolute atomic E-state index is 0.0490. The van der Waals surface area contributed by atoms with Crippen molar-refractivity contribution in [1.29, 1.82) is 0 Å². The third-order valence-corrected chi connectivity index (χ3v) is 4.63. The number of hydrogen-bond donors (Lipinski definition) is 2. The van der Waals surface area contributed by atoms with E-state index in [9.17, 15) is 9.59 Å². The van der Waals surface area contributed by atoms with Crippen LogP contribution < -0.4 is 10.6 Å². The summed E-state index contributed by atoms with van der Waals surface area (Å²) in [4.78, 5) is 25.9. The van der Waals surface area contributed by atoms with Crippen LogP contribution in [0.25, 0.3) is 0 Å². The summed E-state index contributed by atoms with van der Waals surface area (Å²) in [6, 6.07) is 10.8. The molecule has 1 aliphatic heterocycles. The van der Waals surface area contributed by atoms with Gasteiger partial charge < -0.3 is 15.1 Å². The van der Waals surface area contributed by atoms with Crippen molar-refractivity contribution in [1.82, 2.24) is 10.2 Å². The Labute approximate surface area is 153 Å². The van der Waals surface area contributed by atoms with Crippen molar-refractivity contribution in [2.45, 2.75) is 32.2 Å². The first-order valence-electron chi connectivity index (χ1n) is 9.07. The molecule has 1 atom stereocenters. The molecule has 2 aromatic rings. The van der Waals surface area contributed by atoms with Gasteiger partial charge in [0.1, 0.15) is 5.76 Å². The zero-order valence-electron chi connectivity index (χ0n) is 15.0. The van der Waals surface area contributed by atoms with Crippen LogP contribution in [0.4, 0.5) is 5.69 Å². The zero-order valence-corrected chi connectivity index (χ0v) is 15.0. The maximum absolute atomic E-state index is 12.5. The normalized spacial score (nSPS) is 16.0. The molecule has 3 rings (SSSR count). The molecular formula is C20H25N3O3. The molecule has 0 unspecified atom stereocenters. The smallest absolute Gasteiger partial charge is 0.251 e. The minimum atomic E-state index is -0.134. The van der Waals surface area contributed by atoms with Gasteiger partial charge in [0.25, 0.3) is 5.91 Å². The molecule has 2 heterocycles. The van der Waals surface area contributed by atoms with Gasteiger partial charge in [-0.3, -0.25) is 14.5 Å². The Morgan fingerprint density at radius 3 is 2.46 bits per heavy atom. The molecule has 0 aliphatic carbocycles. The van der Waals surface area contributed by atoms with Gasteiger partial charge in [-0.05, 0) is 62.3 Å². The second-order valence-electron chi connectivity index (χ2n) is 6.60. The first-order chi connectivity index (χ1) is 12.6. The molecule has 138 valence electrons. The summed E-state index contributed by atoms with van der Waals surface area (Å²) >= 11 is 0. The number of piperidine rings is 1. The maximum atomic E-state index is 12.5. The van der Waals surface area contributed by atoms with E-state index in [1.807, 2.05) is 12.1 Å². The summed E-state index contributed by atoms with van der Waals surface area (Å²) in [6.45, 7) is 4.00. The highest BCUT2D eigenvalue weighted by Crippen LogP contribution is 2.24. The molecule has 0 spiro atoms. The number of anilines is 1. The van der Waals surface area contributed by atoms with Crippen LogP contribution in [0, 0.1) is 0 Å². The van der Waals surface area contributed by atoms with Crippen LogP contribution in [-0.2, 0) is 4.79 Å². The predicted octanol–water partition coefficient (Wildman–Crippen LogP) is 3.20. The van der Waals surface area contributed by atoms with Crippen molar-refractivity contribution in [3.8, 4) is 0 Å². The van der Waals surface area contributed by atoms with Gasteiger partial charge in [-0.25, -0.2) is 0 Å². The van der Waals surface area contributed by atoms with Crippen molar-refractivity contribution in [2.24, 2.45) is 0 Å². The molecule has 1 aromatic carbocycles. The Hall–Kier alpha value is -2.60. The van der Waals surface area contributed by atoms with Gasteiger partial charge >= 0.3 is 0 Å². The number of likely N-dealkylation sites (tertiary alicyclic amines) is 1. The van der Waals surface area contributed by atoms with Gasteiger partial charge in [0.2, 0.25) is 5.91 Å². The highest BCUT2D eigenvalue weighted by molar-refractivity contribution is 5.95. The van der Waals surface area contributed by atoms with Gasteiger partial charge in [-0.1, -0.05) is 6.42 Å². The van der Waals surface area contributed by atoms with Gasteiger partial charge in [0.05, 0.1) is 12.3 Å². The summed E-state index contributed by atoms with van der Waals surface area (Å²) < 4.78 is 5.61. The number of furan rings is 1. The van der Waals surface area contributed by atoms with E-state index in [4.69, 9.17) is 4.42 Å². The van der Waals surface area contributed by atoms with Crippen molar-refractivity contribution in [3.63, 3.8) is 0 Å². The van der Waals surface area contributed by atoms with Crippen molar-refractivity contribution >= 4 is 17.5 Å². The molecule has 2 N–H and O–H groups in total. The fourth-order valence-electron chi connectivity index (χ4n) is 3.32. The van der Waals surface area contributed by atoms with E-state index in [0.717, 1.165) is 18.8 Å². The van der Waals surface area contributed by atoms with Crippen LogP contribution in [0.5, 0.6) is 0 Å². The van der Waals surface area contributed by atoms with E-state index in [2.05, 4.69) is 15.5 Å². The predicted molar refractivity (Wildman–Crippen MR) is 100.0 cm³/mol. The van der Waals surface area contributed by atoms with Crippen molar-refractivity contribution in [2.75, 3.05) is 25.0 Å². The highest BCUT2D eigenvalue weighted by atomic mass is 16.3. The van der Waals surface area contributed by atoms with E-state index in [1.54, 1.807) is 30.5 Å². The summed E-state index contributed by atoms with van der Waals surface area (Å²) in [5.41, 5.74) is 1.24. The fraction of sp³-hybridized carbons (Fsp3) is 0.400. The summed E-state index contributed by atoms with van der Waals surface area (Å²) in [7, 11) is 0. The number of amides is 2. The lowest BCUT2D eigenvalue weighted by Gasteiger charge is -2.33. The molecule has 0 bridgehead atoms. The summed E-state index contributed by atoms with van der Waals surface area (Å²) in [5.74, 6) is 0.617. The molecule has 0 radical (unpaired) electrons. The Morgan fingerprint density at radius 1 is 1.12 bits per heavy atom. The van der Waals surface area contributed by atoms with Crippen molar-refractivity contribution in [3.05, 3.63) is 54.0 Å². The Morgan fingerprint density at radius 2 is 1.85 bits per heavy atom. The number of carbonyl (C=O) groups excluding carboxylic acids is 2. The topological polar surface area (TPSA) is 74.6 Å². The van der Waals surface area contributed by atoms with E-state index >= 15 is 0 Å². The second kappa shape index (κ2) is 8.67. The van der Waals surface area contributed by atoms with E-state index in [-0.39, 0.29) is 17.9 Å². The van der Waals surface area contributed by atoms with Crippen LogP contribution in [0.1, 0.15) is 48.3 Å². The molecule has 6 heteroatoms. The molecule has 26 heavy (non-hydrogen) atoms. The second-order valence-corrected chi connectivity index (χ2v) is 6.60. The average Bonchev–Trinajstić information content (AvgIpc) is 3.17. The molecule has 1 fully saturated rings. The molecule has 1 saturated heterocycles. The quantitative estimate of drug-likeness (QED) is 0.834. The number of carbonyl (C=O) groups is 2. The largest absolute Gasteiger partial charge is 0.468 e. The van der Waals surface area contributed by atoms with Crippen molar-refractivity contribution < 1.29 is 14.0 Å². The number of hydrogen-bond acceptors (Lipinski definition) is 4. The maximum Gasteiger partial charge on any atom is 0.251 e. The van der Waals surface area contributed by atoms with Crippen LogP contribution >= 0.6 is 0 Å². The lowest BCUT2D eigenvalue weighted by molar-refractivity contribution is -0.114. The Balaban J connectivity index is 1.62. The highest BCUT2D eigenvalue weighted by Gasteiger charge is 2.25. The molecule has 0 saturated carbocycles. The molecule has 1 aromatic heterocycles. The summed E-state index contributed by atoms with van der Waals surface area (Å²) in [5, 5.41) is 5.71. The third kappa shape index (κ3) is 4.73. The van der Waals surface area contributed by atoms with E-state index < -0.39 is 0 Å². The monoisotopic (exact) mass is 355 g/mol. The minimum Gasteiger partial charge on any atom is -0.468 e. The van der Waals surface area contributed by atoms with Crippen LogP contribution in [0.15, 0.2) is 47.1 Å².